The highest BCUT2D eigenvalue weighted by molar-refractivity contribution is 7.09. The molecule has 1 spiro atoms. The number of likely N-dealkylation sites (N-methyl/N-ethyl adjacent to an activating group) is 1. The predicted octanol–water partition coefficient (Wildman–Crippen LogP) is 2.61. The average Bonchev–Trinajstić information content (AvgIpc) is 3.24. The van der Waals surface area contributed by atoms with Crippen molar-refractivity contribution < 1.29 is 14.3 Å². The molecule has 25 heavy (non-hydrogen) atoms. The summed E-state index contributed by atoms with van der Waals surface area (Å²) in [5.74, 6) is 0.588. The predicted molar refractivity (Wildman–Crippen MR) is 99.8 cm³/mol. The van der Waals surface area contributed by atoms with Crippen molar-refractivity contribution in [1.29, 1.82) is 0 Å². The van der Waals surface area contributed by atoms with Crippen LogP contribution < -0.4 is 0 Å². The Kier molecular flexibility index (Phi) is 6.49. The van der Waals surface area contributed by atoms with Crippen molar-refractivity contribution >= 4 is 17.2 Å². The molecule has 5 nitrogen and oxygen atoms in total. The fourth-order valence-corrected chi connectivity index (χ4v) is 4.72. The van der Waals surface area contributed by atoms with Crippen LogP contribution in [0.5, 0.6) is 0 Å². The van der Waals surface area contributed by atoms with Gasteiger partial charge in [-0.15, -0.1) is 11.3 Å². The Morgan fingerprint density at radius 3 is 2.92 bits per heavy atom. The van der Waals surface area contributed by atoms with Crippen molar-refractivity contribution in [3.63, 3.8) is 0 Å². The molecule has 1 aromatic rings. The molecule has 2 fully saturated rings. The minimum absolute atomic E-state index is 0.0271. The van der Waals surface area contributed by atoms with Gasteiger partial charge in [-0.05, 0) is 43.0 Å². The Balaban J connectivity index is 1.43. The van der Waals surface area contributed by atoms with E-state index in [2.05, 4.69) is 22.4 Å². The highest BCUT2D eigenvalue weighted by Crippen LogP contribution is 2.42. The summed E-state index contributed by atoms with van der Waals surface area (Å²) >= 11 is 1.84. The van der Waals surface area contributed by atoms with Crippen LogP contribution in [0.3, 0.4) is 0 Å². The zero-order valence-electron chi connectivity index (χ0n) is 15.4. The molecule has 2 aliphatic rings. The smallest absolute Gasteiger partial charge is 0.248 e. The van der Waals surface area contributed by atoms with E-state index in [9.17, 15) is 4.79 Å². The number of carbonyl (C=O) groups is 1. The summed E-state index contributed by atoms with van der Waals surface area (Å²) < 4.78 is 11.8. The second kappa shape index (κ2) is 8.62. The van der Waals surface area contributed by atoms with Crippen LogP contribution >= 0.6 is 11.3 Å². The van der Waals surface area contributed by atoms with E-state index in [-0.39, 0.29) is 18.1 Å². The zero-order valence-corrected chi connectivity index (χ0v) is 16.2. The number of hydrogen-bond acceptors (Lipinski definition) is 5. The van der Waals surface area contributed by atoms with Crippen molar-refractivity contribution in [2.75, 3.05) is 47.0 Å². The number of hydrogen-bond donors (Lipinski definition) is 0. The third kappa shape index (κ3) is 4.82. The lowest BCUT2D eigenvalue weighted by atomic mass is 9.78. The van der Waals surface area contributed by atoms with Crippen LogP contribution in [0.25, 0.3) is 0 Å². The maximum atomic E-state index is 11.6. The van der Waals surface area contributed by atoms with Crippen LogP contribution in [0.2, 0.25) is 0 Å². The molecular weight excluding hydrogens is 336 g/mol. The summed E-state index contributed by atoms with van der Waals surface area (Å²) in [4.78, 5) is 17.1. The summed E-state index contributed by atoms with van der Waals surface area (Å²) in [6.45, 7) is 4.97. The summed E-state index contributed by atoms with van der Waals surface area (Å²) in [5.41, 5.74) is 0.0425. The summed E-state index contributed by atoms with van der Waals surface area (Å²) in [5, 5.41) is 2.15. The third-order valence-electron chi connectivity index (χ3n) is 5.60. The lowest BCUT2D eigenvalue weighted by Gasteiger charge is -2.42. The zero-order chi connectivity index (χ0) is 17.7. The van der Waals surface area contributed by atoms with Gasteiger partial charge in [-0.3, -0.25) is 9.69 Å². The first kappa shape index (κ1) is 18.8. The Bertz CT molecular complexity index is 539. The Hall–Kier alpha value is -0.950. The van der Waals surface area contributed by atoms with Gasteiger partial charge in [0.15, 0.2) is 0 Å². The lowest BCUT2D eigenvalue weighted by Crippen LogP contribution is -2.47. The summed E-state index contributed by atoms with van der Waals surface area (Å²) in [6.07, 6.45) is 4.33. The molecule has 6 heteroatoms. The average molecular weight is 367 g/mol. The molecule has 0 saturated carbocycles. The highest BCUT2D eigenvalue weighted by atomic mass is 32.1. The molecule has 1 amide bonds. The largest absolute Gasteiger partial charge is 0.375 e. The third-order valence-corrected chi connectivity index (χ3v) is 6.46. The maximum Gasteiger partial charge on any atom is 0.248 e. The van der Waals surface area contributed by atoms with Crippen LogP contribution in [-0.2, 0) is 20.8 Å². The Morgan fingerprint density at radius 1 is 1.44 bits per heavy atom. The highest BCUT2D eigenvalue weighted by Gasteiger charge is 2.45. The van der Waals surface area contributed by atoms with E-state index in [0.717, 1.165) is 51.9 Å². The quantitative estimate of drug-likeness (QED) is 0.696. The molecule has 2 saturated heterocycles. The van der Waals surface area contributed by atoms with Gasteiger partial charge in [0.25, 0.3) is 0 Å². The number of amides is 1. The van der Waals surface area contributed by atoms with E-state index >= 15 is 0 Å². The van der Waals surface area contributed by atoms with E-state index in [1.54, 1.807) is 19.0 Å². The van der Waals surface area contributed by atoms with Gasteiger partial charge in [0, 0.05) is 51.8 Å². The van der Waals surface area contributed by atoms with Crippen LogP contribution in [0, 0.1) is 5.92 Å². The van der Waals surface area contributed by atoms with Crippen molar-refractivity contribution in [3.05, 3.63) is 22.4 Å². The summed E-state index contributed by atoms with van der Waals surface area (Å²) in [6, 6.07) is 4.35. The second-order valence-corrected chi connectivity index (χ2v) is 8.42. The van der Waals surface area contributed by atoms with E-state index in [1.165, 1.54) is 4.88 Å². The SMILES string of the molecule is CN(C)C(=O)COCCC1CCOC12CCN(Cc1cccs1)CC2. The molecule has 3 rings (SSSR count). The number of nitrogens with zero attached hydrogens (tertiary/aromatic N) is 2. The van der Waals surface area contributed by atoms with Gasteiger partial charge >= 0.3 is 0 Å². The first-order valence-corrected chi connectivity index (χ1v) is 10.1. The summed E-state index contributed by atoms with van der Waals surface area (Å²) in [7, 11) is 3.52. The molecular formula is C19H30N2O3S. The minimum Gasteiger partial charge on any atom is -0.375 e. The molecule has 3 heterocycles. The van der Waals surface area contributed by atoms with Gasteiger partial charge < -0.3 is 14.4 Å². The van der Waals surface area contributed by atoms with Crippen LogP contribution in [-0.4, -0.2) is 68.3 Å². The molecule has 0 N–H and O–H groups in total. The van der Waals surface area contributed by atoms with Gasteiger partial charge in [0.2, 0.25) is 5.91 Å². The van der Waals surface area contributed by atoms with Crippen LogP contribution in [0.1, 0.15) is 30.6 Å². The molecule has 1 unspecified atom stereocenters. The molecule has 140 valence electrons. The molecule has 1 aromatic heterocycles. The number of carbonyl (C=O) groups excluding carboxylic acids is 1. The van der Waals surface area contributed by atoms with E-state index < -0.39 is 0 Å². The van der Waals surface area contributed by atoms with E-state index in [4.69, 9.17) is 9.47 Å². The van der Waals surface area contributed by atoms with Crippen molar-refractivity contribution in [2.24, 2.45) is 5.92 Å². The molecule has 1 atom stereocenters. The van der Waals surface area contributed by atoms with Crippen LogP contribution in [0.4, 0.5) is 0 Å². The molecule has 0 aromatic carbocycles. The number of thiophene rings is 1. The monoisotopic (exact) mass is 366 g/mol. The van der Waals surface area contributed by atoms with Gasteiger partial charge in [0.1, 0.15) is 6.61 Å². The molecule has 0 aliphatic carbocycles. The number of likely N-dealkylation sites (tertiary alicyclic amines) is 1. The van der Waals surface area contributed by atoms with Crippen LogP contribution in [0.15, 0.2) is 17.5 Å². The second-order valence-electron chi connectivity index (χ2n) is 7.38. The van der Waals surface area contributed by atoms with Crippen molar-refractivity contribution in [2.45, 2.75) is 37.8 Å². The molecule has 0 bridgehead atoms. The normalized spacial score (nSPS) is 23.2. The first-order valence-electron chi connectivity index (χ1n) is 9.26. The topological polar surface area (TPSA) is 42.0 Å². The molecule has 2 aliphatic heterocycles. The van der Waals surface area contributed by atoms with E-state index in [0.29, 0.717) is 12.5 Å². The Morgan fingerprint density at radius 2 is 2.24 bits per heavy atom. The van der Waals surface area contributed by atoms with Gasteiger partial charge in [-0.2, -0.15) is 0 Å². The number of rotatable bonds is 7. The van der Waals surface area contributed by atoms with Gasteiger partial charge in [-0.1, -0.05) is 6.07 Å². The van der Waals surface area contributed by atoms with E-state index in [1.807, 2.05) is 11.3 Å². The van der Waals surface area contributed by atoms with Crippen molar-refractivity contribution in [3.8, 4) is 0 Å². The maximum absolute atomic E-state index is 11.6. The standard InChI is InChI=1S/C19H30N2O3S/c1-20(2)18(22)15-23-11-5-16-6-12-24-19(16)7-9-21(10-8-19)14-17-4-3-13-25-17/h3-4,13,16H,5-12,14-15H2,1-2H3. The minimum atomic E-state index is 0.0271. The van der Waals surface area contributed by atoms with Gasteiger partial charge in [-0.25, -0.2) is 0 Å². The Labute approximate surface area is 154 Å². The molecule has 0 radical (unpaired) electrons. The fourth-order valence-electron chi connectivity index (χ4n) is 3.97. The number of ether oxygens (including phenoxy) is 2. The lowest BCUT2D eigenvalue weighted by molar-refractivity contribution is -0.133. The van der Waals surface area contributed by atoms with Gasteiger partial charge in [0.05, 0.1) is 5.60 Å². The van der Waals surface area contributed by atoms with Crippen molar-refractivity contribution in [1.82, 2.24) is 9.80 Å². The fraction of sp³-hybridized carbons (Fsp3) is 0.737. The number of piperidine rings is 1. The first-order chi connectivity index (χ1) is 12.1.